The van der Waals surface area contributed by atoms with E-state index in [0.29, 0.717) is 68.4 Å². The molecule has 2 atom stereocenters. The molecule has 4 rings (SSSR count). The highest BCUT2D eigenvalue weighted by atomic mass is 32.2. The topological polar surface area (TPSA) is 223 Å². The molecule has 0 aliphatic carbocycles. The summed E-state index contributed by atoms with van der Waals surface area (Å²) in [5, 5.41) is 26.4. The van der Waals surface area contributed by atoms with Crippen LogP contribution in [0.4, 0.5) is 0 Å². The standard InChI is InChI=1S/C22H27NO7S.C21H25NO7S/c1-4-29-23-16(2)21(22(24)25)15-18-7-9-19(10-8-18)28-14-13-17-5-11-20(12-6-17)30-31(3,26)27;1-15(22-27-2)20(21(23)24)14-17-6-8-18(9-7-17)28-13-12-16-4-10-19(11-5-16)29-30(3,25)26/h5-12,21H,4,13-15H2,1-3H3,(H,24,25);4-11,20H,12-14H2,1-3H3,(H,23,24). The second-order valence-corrected chi connectivity index (χ2v) is 16.8. The number of ether oxygens (including phenoxy) is 2. The quantitative estimate of drug-likeness (QED) is 0.0480. The third-order valence-corrected chi connectivity index (χ3v) is 9.56. The van der Waals surface area contributed by atoms with Gasteiger partial charge >= 0.3 is 32.2 Å². The molecule has 2 N–H and O–H groups in total. The zero-order chi connectivity index (χ0) is 45.0. The van der Waals surface area contributed by atoms with Gasteiger partial charge in [-0.2, -0.15) is 16.8 Å². The fourth-order valence-electron chi connectivity index (χ4n) is 5.53. The van der Waals surface area contributed by atoms with E-state index < -0.39 is 44.0 Å². The molecule has 0 amide bonds. The van der Waals surface area contributed by atoms with Gasteiger partial charge in [0.2, 0.25) is 0 Å². The van der Waals surface area contributed by atoms with E-state index in [9.17, 15) is 36.6 Å². The van der Waals surface area contributed by atoms with Crippen molar-refractivity contribution >= 4 is 43.6 Å². The molecule has 61 heavy (non-hydrogen) atoms. The maximum Gasteiger partial charge on any atom is 0.312 e. The second kappa shape index (κ2) is 24.2. The van der Waals surface area contributed by atoms with Crippen LogP contribution in [-0.4, -0.2) is 89.9 Å². The van der Waals surface area contributed by atoms with Gasteiger partial charge in [0, 0.05) is 12.8 Å². The van der Waals surface area contributed by atoms with Gasteiger partial charge in [0.05, 0.1) is 37.1 Å². The summed E-state index contributed by atoms with van der Waals surface area (Å²) in [5.74, 6) is -1.54. The normalized spacial score (nSPS) is 12.8. The third kappa shape index (κ3) is 19.2. The van der Waals surface area contributed by atoms with Gasteiger partial charge in [0.1, 0.15) is 48.6 Å². The number of oxime groups is 2. The fourth-order valence-corrected chi connectivity index (χ4v) is 6.45. The molecule has 0 radical (unpaired) electrons. The molecule has 0 heterocycles. The highest BCUT2D eigenvalue weighted by Gasteiger charge is 2.23. The average molecular weight is 885 g/mol. The van der Waals surface area contributed by atoms with Crippen LogP contribution in [0.1, 0.15) is 43.0 Å². The fraction of sp³-hybridized carbons (Fsp3) is 0.349. The Labute approximate surface area is 357 Å². The number of rotatable bonds is 23. The first kappa shape index (κ1) is 49.2. The van der Waals surface area contributed by atoms with Gasteiger partial charge in [-0.3, -0.25) is 9.59 Å². The molecule has 4 aromatic rings. The van der Waals surface area contributed by atoms with Gasteiger partial charge in [-0.15, -0.1) is 0 Å². The zero-order valence-corrected chi connectivity index (χ0v) is 36.5. The molecule has 16 nitrogen and oxygen atoms in total. The van der Waals surface area contributed by atoms with Crippen molar-refractivity contribution in [2.24, 2.45) is 22.1 Å². The molecule has 4 aromatic carbocycles. The smallest absolute Gasteiger partial charge is 0.312 e. The van der Waals surface area contributed by atoms with E-state index in [4.69, 9.17) is 22.7 Å². The SMILES string of the molecule is CCON=C(C)C(Cc1ccc(OCCc2ccc(OS(C)(=O)=O)cc2)cc1)C(=O)O.CON=C(C)C(Cc1ccc(OCCc2ccc(OS(C)(=O)=O)cc2)cc1)C(=O)O. The predicted molar refractivity (Wildman–Crippen MR) is 230 cm³/mol. The van der Waals surface area contributed by atoms with Crippen LogP contribution in [0.5, 0.6) is 23.0 Å². The Morgan fingerprint density at radius 1 is 0.557 bits per heavy atom. The van der Waals surface area contributed by atoms with Crippen LogP contribution in [0, 0.1) is 11.8 Å². The lowest BCUT2D eigenvalue weighted by atomic mass is 9.95. The van der Waals surface area contributed by atoms with Crippen LogP contribution in [-0.2, 0) is 65.2 Å². The van der Waals surface area contributed by atoms with E-state index in [2.05, 4.69) is 15.1 Å². The van der Waals surface area contributed by atoms with E-state index in [1.807, 2.05) is 24.3 Å². The first-order chi connectivity index (χ1) is 28.8. The monoisotopic (exact) mass is 884 g/mol. The Hall–Kier alpha value is -6.14. The second-order valence-electron chi connectivity index (χ2n) is 13.6. The first-order valence-corrected chi connectivity index (χ1v) is 22.6. The van der Waals surface area contributed by atoms with Crippen LogP contribution < -0.4 is 17.8 Å². The summed E-state index contributed by atoms with van der Waals surface area (Å²) in [6.07, 6.45) is 3.87. The Bertz CT molecular complexity index is 2280. The van der Waals surface area contributed by atoms with Crippen molar-refractivity contribution in [3.63, 3.8) is 0 Å². The summed E-state index contributed by atoms with van der Waals surface area (Å²) in [5.41, 5.74) is 4.48. The van der Waals surface area contributed by atoms with E-state index in [0.717, 1.165) is 34.8 Å². The minimum absolute atomic E-state index is 0.267. The Morgan fingerprint density at radius 3 is 1.20 bits per heavy atom. The van der Waals surface area contributed by atoms with E-state index >= 15 is 0 Å². The summed E-state index contributed by atoms with van der Waals surface area (Å²) in [6.45, 7) is 6.31. The van der Waals surface area contributed by atoms with E-state index in [1.54, 1.807) is 93.6 Å². The average Bonchev–Trinajstić information content (AvgIpc) is 3.19. The van der Waals surface area contributed by atoms with E-state index in [-0.39, 0.29) is 11.5 Å². The van der Waals surface area contributed by atoms with Crippen LogP contribution >= 0.6 is 0 Å². The van der Waals surface area contributed by atoms with Gasteiger partial charge in [-0.25, -0.2) is 0 Å². The number of carbonyl (C=O) groups is 2. The molecule has 0 aliphatic heterocycles. The molecular weight excluding hydrogens is 833 g/mol. The highest BCUT2D eigenvalue weighted by molar-refractivity contribution is 7.86. The summed E-state index contributed by atoms with van der Waals surface area (Å²) in [4.78, 5) is 32.6. The number of hydrogen-bond acceptors (Lipinski definition) is 14. The molecule has 0 saturated heterocycles. The van der Waals surface area contributed by atoms with Crippen LogP contribution in [0.15, 0.2) is 107 Å². The van der Waals surface area contributed by atoms with E-state index in [1.165, 1.54) is 7.11 Å². The molecule has 0 fully saturated rings. The number of carboxylic acids is 2. The minimum atomic E-state index is -3.54. The maximum absolute atomic E-state index is 11.5. The molecule has 330 valence electrons. The number of carboxylic acid groups (broad SMARTS) is 2. The number of benzene rings is 4. The van der Waals surface area contributed by atoms with Gasteiger partial charge in [-0.05, 0) is 104 Å². The lowest BCUT2D eigenvalue weighted by Crippen LogP contribution is -2.24. The lowest BCUT2D eigenvalue weighted by Gasteiger charge is -2.13. The van der Waals surface area contributed by atoms with Crippen molar-refractivity contribution < 1.29 is 64.2 Å². The maximum atomic E-state index is 11.5. The minimum Gasteiger partial charge on any atom is -0.493 e. The molecule has 0 aromatic heterocycles. The number of hydrogen-bond donors (Lipinski definition) is 2. The third-order valence-electron chi connectivity index (χ3n) is 8.56. The summed E-state index contributed by atoms with van der Waals surface area (Å²) in [7, 11) is -5.69. The number of aliphatic carboxylic acids is 2. The number of nitrogens with zero attached hydrogens (tertiary/aromatic N) is 2. The molecule has 0 aliphatic rings. The van der Waals surface area contributed by atoms with Crippen molar-refractivity contribution in [1.29, 1.82) is 0 Å². The van der Waals surface area contributed by atoms with Gasteiger partial charge < -0.3 is 37.7 Å². The van der Waals surface area contributed by atoms with Gasteiger partial charge in [-0.1, -0.05) is 58.8 Å². The van der Waals surface area contributed by atoms with Crippen LogP contribution in [0.25, 0.3) is 0 Å². The van der Waals surface area contributed by atoms with Crippen molar-refractivity contribution in [3.8, 4) is 23.0 Å². The summed E-state index contributed by atoms with van der Waals surface area (Å²) < 4.78 is 65.5. The lowest BCUT2D eigenvalue weighted by molar-refractivity contribution is -0.140. The molecular formula is C43H52N2O14S2. The van der Waals surface area contributed by atoms with Crippen LogP contribution in [0.2, 0.25) is 0 Å². The Morgan fingerprint density at radius 2 is 0.885 bits per heavy atom. The summed E-state index contributed by atoms with van der Waals surface area (Å²) in [6, 6.07) is 28.0. The predicted octanol–water partition coefficient (Wildman–Crippen LogP) is 6.21. The summed E-state index contributed by atoms with van der Waals surface area (Å²) >= 11 is 0. The molecule has 0 bridgehead atoms. The highest BCUT2D eigenvalue weighted by Crippen LogP contribution is 2.20. The van der Waals surface area contributed by atoms with Crippen molar-refractivity contribution in [1.82, 2.24) is 0 Å². The van der Waals surface area contributed by atoms with Crippen molar-refractivity contribution in [2.45, 2.75) is 46.5 Å². The molecule has 18 heteroatoms. The van der Waals surface area contributed by atoms with Gasteiger partial charge in [0.15, 0.2) is 0 Å². The Kier molecular flexibility index (Phi) is 19.5. The zero-order valence-electron chi connectivity index (χ0n) is 34.8. The van der Waals surface area contributed by atoms with Crippen LogP contribution in [0.3, 0.4) is 0 Å². The first-order valence-electron chi connectivity index (χ1n) is 19.0. The van der Waals surface area contributed by atoms with Crippen molar-refractivity contribution in [2.75, 3.05) is 39.4 Å². The molecule has 0 saturated carbocycles. The van der Waals surface area contributed by atoms with Crippen molar-refractivity contribution in [3.05, 3.63) is 119 Å². The molecule has 2 unspecified atom stereocenters. The Balaban J connectivity index is 0.000000325. The van der Waals surface area contributed by atoms with Gasteiger partial charge in [0.25, 0.3) is 0 Å². The molecule has 0 spiro atoms. The largest absolute Gasteiger partial charge is 0.493 e.